The van der Waals surface area contributed by atoms with Crippen molar-refractivity contribution in [3.05, 3.63) is 90.5 Å². The van der Waals surface area contributed by atoms with Crippen LogP contribution in [0.2, 0.25) is 0 Å². The molecule has 184 valence electrons. The molecule has 0 spiro atoms. The second-order valence-corrected chi connectivity index (χ2v) is 8.51. The lowest BCUT2D eigenvalue weighted by molar-refractivity contribution is 0.414. The monoisotopic (exact) mass is 492 g/mol. The molecule has 3 heterocycles. The van der Waals surface area contributed by atoms with Gasteiger partial charge < -0.3 is 18.6 Å². The van der Waals surface area contributed by atoms with Crippen molar-refractivity contribution in [3.63, 3.8) is 0 Å². The van der Waals surface area contributed by atoms with Gasteiger partial charge in [0, 0.05) is 17.5 Å². The highest BCUT2D eigenvalue weighted by molar-refractivity contribution is 6.07. The molecule has 0 saturated heterocycles. The third kappa shape index (κ3) is 4.12. The largest absolute Gasteiger partial charge is 0.497 e. The molecule has 0 bridgehead atoms. The topological polar surface area (TPSA) is 83.9 Å². The van der Waals surface area contributed by atoms with Crippen LogP contribution in [0.15, 0.2) is 83.5 Å². The van der Waals surface area contributed by atoms with Crippen molar-refractivity contribution < 1.29 is 18.6 Å². The molecule has 37 heavy (non-hydrogen) atoms. The van der Waals surface area contributed by atoms with Gasteiger partial charge in [-0.3, -0.25) is 0 Å². The number of ether oxygens (including phenoxy) is 3. The Morgan fingerprint density at radius 2 is 1.30 bits per heavy atom. The summed E-state index contributed by atoms with van der Waals surface area (Å²) in [7, 11) is 4.95. The molecule has 0 aliphatic carbocycles. The molecule has 0 fully saturated rings. The normalized spacial score (nSPS) is 11.2. The van der Waals surface area contributed by atoms with Crippen molar-refractivity contribution in [2.75, 3.05) is 21.3 Å². The van der Waals surface area contributed by atoms with E-state index in [1.165, 1.54) is 0 Å². The summed E-state index contributed by atoms with van der Waals surface area (Å²) in [4.78, 5) is 9.49. The first-order valence-corrected chi connectivity index (χ1v) is 11.8. The van der Waals surface area contributed by atoms with Gasteiger partial charge in [-0.15, -0.1) is 5.10 Å². The SMILES string of the molecule is COc1ccc(Cc2nc3c4c(-c5ccc(OC)cc5)c(-c5ccc(OC)cc5)oc4ncn3n2)cc1. The maximum Gasteiger partial charge on any atom is 0.232 e. The smallest absolute Gasteiger partial charge is 0.232 e. The summed E-state index contributed by atoms with van der Waals surface area (Å²) in [5.41, 5.74) is 5.02. The van der Waals surface area contributed by atoms with Gasteiger partial charge in [-0.05, 0) is 59.7 Å². The number of furan rings is 1. The Morgan fingerprint density at radius 3 is 1.89 bits per heavy atom. The quantitative estimate of drug-likeness (QED) is 0.278. The second-order valence-electron chi connectivity index (χ2n) is 8.51. The summed E-state index contributed by atoms with van der Waals surface area (Å²) in [6.45, 7) is 0. The molecule has 0 amide bonds. The second kappa shape index (κ2) is 9.31. The Labute approximate surface area is 213 Å². The van der Waals surface area contributed by atoms with Crippen LogP contribution in [0.5, 0.6) is 17.2 Å². The highest BCUT2D eigenvalue weighted by atomic mass is 16.5. The summed E-state index contributed by atoms with van der Waals surface area (Å²) >= 11 is 0. The lowest BCUT2D eigenvalue weighted by Gasteiger charge is -2.06. The lowest BCUT2D eigenvalue weighted by atomic mass is 9.99. The van der Waals surface area contributed by atoms with E-state index < -0.39 is 0 Å². The number of hydrogen-bond acceptors (Lipinski definition) is 7. The molecule has 0 radical (unpaired) electrons. The first-order chi connectivity index (χ1) is 18.2. The van der Waals surface area contributed by atoms with Crippen LogP contribution in [0.25, 0.3) is 39.2 Å². The van der Waals surface area contributed by atoms with Crippen molar-refractivity contribution in [1.82, 2.24) is 19.6 Å². The van der Waals surface area contributed by atoms with Gasteiger partial charge in [-0.25, -0.2) is 14.5 Å². The molecular formula is C29H24N4O4. The summed E-state index contributed by atoms with van der Waals surface area (Å²) in [6, 6.07) is 23.5. The zero-order chi connectivity index (χ0) is 25.4. The van der Waals surface area contributed by atoms with Gasteiger partial charge in [-0.1, -0.05) is 24.3 Å². The third-order valence-electron chi connectivity index (χ3n) is 6.32. The van der Waals surface area contributed by atoms with Crippen molar-refractivity contribution in [2.45, 2.75) is 6.42 Å². The van der Waals surface area contributed by atoms with Crippen LogP contribution in [0.4, 0.5) is 0 Å². The average Bonchev–Trinajstić information content (AvgIpc) is 3.54. The fraction of sp³-hybridized carbons (Fsp3) is 0.138. The molecule has 6 rings (SSSR count). The molecule has 0 N–H and O–H groups in total. The molecule has 0 saturated carbocycles. The van der Waals surface area contributed by atoms with E-state index in [9.17, 15) is 0 Å². The van der Waals surface area contributed by atoms with Gasteiger partial charge in [0.25, 0.3) is 0 Å². The van der Waals surface area contributed by atoms with Crippen LogP contribution in [-0.2, 0) is 6.42 Å². The summed E-state index contributed by atoms with van der Waals surface area (Å²) in [6.07, 6.45) is 2.22. The maximum atomic E-state index is 6.35. The van der Waals surface area contributed by atoms with Crippen LogP contribution in [0, 0.1) is 0 Å². The van der Waals surface area contributed by atoms with Crippen LogP contribution in [-0.4, -0.2) is 40.9 Å². The standard InChI is InChI=1S/C29H24N4O4/c1-34-21-10-4-18(5-11-21)16-24-31-28-26-25(19-6-12-22(35-2)13-7-19)27(20-8-14-23(36-3)15-9-20)37-29(26)30-17-33(28)32-24/h4-15,17H,16H2,1-3H3. The van der Waals surface area contributed by atoms with E-state index in [0.717, 1.165) is 44.9 Å². The highest BCUT2D eigenvalue weighted by Gasteiger charge is 2.23. The van der Waals surface area contributed by atoms with Crippen molar-refractivity contribution in [1.29, 1.82) is 0 Å². The number of nitrogens with zero attached hydrogens (tertiary/aromatic N) is 4. The number of fused-ring (bicyclic) bond motifs is 3. The number of aromatic nitrogens is 4. The van der Waals surface area contributed by atoms with Crippen molar-refractivity contribution >= 4 is 16.7 Å². The summed E-state index contributed by atoms with van der Waals surface area (Å²) in [5.74, 6) is 3.74. The Bertz CT molecular complexity index is 1690. The molecule has 3 aromatic carbocycles. The maximum absolute atomic E-state index is 6.35. The van der Waals surface area contributed by atoms with E-state index in [1.807, 2.05) is 72.8 Å². The number of benzene rings is 3. The minimum absolute atomic E-state index is 0.493. The number of methoxy groups -OCH3 is 3. The summed E-state index contributed by atoms with van der Waals surface area (Å²) in [5, 5.41) is 5.50. The van der Waals surface area contributed by atoms with E-state index in [1.54, 1.807) is 32.2 Å². The van der Waals surface area contributed by atoms with Gasteiger partial charge in [0.2, 0.25) is 5.71 Å². The van der Waals surface area contributed by atoms with Crippen LogP contribution < -0.4 is 14.2 Å². The minimum atomic E-state index is 0.493. The average molecular weight is 493 g/mol. The molecule has 6 aromatic rings. The van der Waals surface area contributed by atoms with Crippen LogP contribution in [0.1, 0.15) is 11.4 Å². The third-order valence-corrected chi connectivity index (χ3v) is 6.32. The molecule has 0 atom stereocenters. The molecule has 0 unspecified atom stereocenters. The fourth-order valence-corrected chi connectivity index (χ4v) is 4.42. The van der Waals surface area contributed by atoms with E-state index >= 15 is 0 Å². The molecule has 8 heteroatoms. The van der Waals surface area contributed by atoms with E-state index in [-0.39, 0.29) is 0 Å². The van der Waals surface area contributed by atoms with E-state index in [4.69, 9.17) is 28.7 Å². The Kier molecular flexibility index (Phi) is 5.69. The van der Waals surface area contributed by atoms with Gasteiger partial charge >= 0.3 is 0 Å². The predicted octanol–water partition coefficient (Wildman–Crippen LogP) is 5.82. The van der Waals surface area contributed by atoms with E-state index in [2.05, 4.69) is 4.98 Å². The van der Waals surface area contributed by atoms with Crippen molar-refractivity contribution in [3.8, 4) is 39.7 Å². The first-order valence-electron chi connectivity index (χ1n) is 11.8. The summed E-state index contributed by atoms with van der Waals surface area (Å²) < 4.78 is 24.0. The van der Waals surface area contributed by atoms with E-state index in [0.29, 0.717) is 29.4 Å². The minimum Gasteiger partial charge on any atom is -0.497 e. The molecule has 0 aliphatic rings. The number of rotatable bonds is 7. The zero-order valence-electron chi connectivity index (χ0n) is 20.6. The predicted molar refractivity (Wildman–Crippen MR) is 140 cm³/mol. The van der Waals surface area contributed by atoms with Gasteiger partial charge in [0.15, 0.2) is 11.5 Å². The first kappa shape index (κ1) is 22.6. The zero-order valence-corrected chi connectivity index (χ0v) is 20.6. The lowest BCUT2D eigenvalue weighted by Crippen LogP contribution is -1.93. The number of hydrogen-bond donors (Lipinski definition) is 0. The van der Waals surface area contributed by atoms with Gasteiger partial charge in [0.1, 0.15) is 29.3 Å². The van der Waals surface area contributed by atoms with Crippen molar-refractivity contribution in [2.24, 2.45) is 0 Å². The van der Waals surface area contributed by atoms with Gasteiger partial charge in [-0.2, -0.15) is 0 Å². The Morgan fingerprint density at radius 1 is 0.730 bits per heavy atom. The molecular weight excluding hydrogens is 468 g/mol. The van der Waals surface area contributed by atoms with Crippen LogP contribution in [0.3, 0.4) is 0 Å². The van der Waals surface area contributed by atoms with Crippen LogP contribution >= 0.6 is 0 Å². The Balaban J connectivity index is 1.53. The fourth-order valence-electron chi connectivity index (χ4n) is 4.42. The van der Waals surface area contributed by atoms with Gasteiger partial charge in [0.05, 0.1) is 26.7 Å². The Hall–Kier alpha value is -4.85. The molecule has 8 nitrogen and oxygen atoms in total. The highest BCUT2D eigenvalue weighted by Crippen LogP contribution is 2.42. The molecule has 0 aliphatic heterocycles. The molecule has 3 aromatic heterocycles.